The Morgan fingerprint density at radius 1 is 1.15 bits per heavy atom. The van der Waals surface area contributed by atoms with Crippen LogP contribution in [-0.4, -0.2) is 38.6 Å². The molecule has 1 fully saturated rings. The molecule has 0 aliphatic carbocycles. The van der Waals surface area contributed by atoms with Gasteiger partial charge in [0.25, 0.3) is 5.91 Å². The standard InChI is InChI=1S/C19H19FN2O4/c1-25-16-7-6-15(10-17(16)26-2)22-11-14(9-18(22)23)21-19(24)12-4-3-5-13(20)8-12/h3-8,10,14H,9,11H2,1-2H3,(H,21,24). The van der Waals surface area contributed by atoms with Crippen LogP contribution in [0.3, 0.4) is 0 Å². The second-order valence-electron chi connectivity index (χ2n) is 5.93. The van der Waals surface area contributed by atoms with Gasteiger partial charge in [-0.25, -0.2) is 4.39 Å². The lowest BCUT2D eigenvalue weighted by molar-refractivity contribution is -0.117. The number of halogens is 1. The zero-order chi connectivity index (χ0) is 18.7. The van der Waals surface area contributed by atoms with Crippen molar-refractivity contribution in [3.8, 4) is 11.5 Å². The second kappa shape index (κ2) is 7.43. The molecule has 6 nitrogen and oxygen atoms in total. The maximum Gasteiger partial charge on any atom is 0.251 e. The van der Waals surface area contributed by atoms with Crippen molar-refractivity contribution in [1.29, 1.82) is 0 Å². The number of methoxy groups -OCH3 is 2. The van der Waals surface area contributed by atoms with Crippen molar-refractivity contribution < 1.29 is 23.5 Å². The monoisotopic (exact) mass is 358 g/mol. The van der Waals surface area contributed by atoms with Gasteiger partial charge >= 0.3 is 0 Å². The van der Waals surface area contributed by atoms with E-state index in [-0.39, 0.29) is 23.9 Å². The van der Waals surface area contributed by atoms with Crippen molar-refractivity contribution in [2.75, 3.05) is 25.7 Å². The van der Waals surface area contributed by atoms with Crippen LogP contribution in [0.4, 0.5) is 10.1 Å². The van der Waals surface area contributed by atoms with Crippen LogP contribution in [0.5, 0.6) is 11.5 Å². The molecule has 1 saturated heterocycles. The smallest absolute Gasteiger partial charge is 0.251 e. The van der Waals surface area contributed by atoms with Crippen molar-refractivity contribution >= 4 is 17.5 Å². The van der Waals surface area contributed by atoms with Gasteiger partial charge in [-0.2, -0.15) is 0 Å². The van der Waals surface area contributed by atoms with Gasteiger partial charge in [0.1, 0.15) is 5.82 Å². The summed E-state index contributed by atoms with van der Waals surface area (Å²) in [6.07, 6.45) is 0.176. The van der Waals surface area contributed by atoms with Crippen molar-refractivity contribution in [2.45, 2.75) is 12.5 Å². The Labute approximate surface area is 150 Å². The van der Waals surface area contributed by atoms with Crippen LogP contribution in [0.2, 0.25) is 0 Å². The number of hydrogen-bond donors (Lipinski definition) is 1. The first-order chi connectivity index (χ1) is 12.5. The van der Waals surface area contributed by atoms with Crippen LogP contribution in [-0.2, 0) is 4.79 Å². The molecule has 1 heterocycles. The molecule has 1 aliphatic heterocycles. The van der Waals surface area contributed by atoms with Crippen LogP contribution < -0.4 is 19.7 Å². The van der Waals surface area contributed by atoms with Crippen LogP contribution in [0, 0.1) is 5.82 Å². The first kappa shape index (κ1) is 17.7. The fourth-order valence-electron chi connectivity index (χ4n) is 2.95. The molecule has 1 N–H and O–H groups in total. The highest BCUT2D eigenvalue weighted by Crippen LogP contribution is 2.33. The van der Waals surface area contributed by atoms with E-state index in [9.17, 15) is 14.0 Å². The van der Waals surface area contributed by atoms with Gasteiger partial charge in [-0.05, 0) is 30.3 Å². The zero-order valence-corrected chi connectivity index (χ0v) is 14.5. The molecule has 2 amide bonds. The predicted molar refractivity (Wildman–Crippen MR) is 94.2 cm³/mol. The first-order valence-corrected chi connectivity index (χ1v) is 8.10. The Bertz CT molecular complexity index is 840. The van der Waals surface area contributed by atoms with Gasteiger partial charge in [-0.3, -0.25) is 9.59 Å². The number of ether oxygens (including phenoxy) is 2. The Morgan fingerprint density at radius 2 is 1.92 bits per heavy atom. The minimum Gasteiger partial charge on any atom is -0.493 e. The third kappa shape index (κ3) is 3.61. The van der Waals surface area contributed by atoms with E-state index in [0.29, 0.717) is 23.7 Å². The summed E-state index contributed by atoms with van der Waals surface area (Å²) in [4.78, 5) is 26.2. The molecule has 1 aliphatic rings. The summed E-state index contributed by atoms with van der Waals surface area (Å²) in [7, 11) is 3.06. The number of amides is 2. The molecule has 0 saturated carbocycles. The van der Waals surface area contributed by atoms with E-state index >= 15 is 0 Å². The molecule has 1 unspecified atom stereocenters. The molecular formula is C19H19FN2O4. The van der Waals surface area contributed by atoms with Gasteiger partial charge < -0.3 is 19.7 Å². The summed E-state index contributed by atoms with van der Waals surface area (Å²) >= 11 is 0. The van der Waals surface area contributed by atoms with E-state index in [4.69, 9.17) is 9.47 Å². The Morgan fingerprint density at radius 3 is 2.62 bits per heavy atom. The fourth-order valence-corrected chi connectivity index (χ4v) is 2.95. The molecule has 1 atom stereocenters. The molecular weight excluding hydrogens is 339 g/mol. The molecule has 0 radical (unpaired) electrons. The van der Waals surface area contributed by atoms with E-state index in [1.54, 1.807) is 23.1 Å². The van der Waals surface area contributed by atoms with E-state index in [0.717, 1.165) is 6.07 Å². The van der Waals surface area contributed by atoms with Crippen LogP contribution >= 0.6 is 0 Å². The highest BCUT2D eigenvalue weighted by atomic mass is 19.1. The van der Waals surface area contributed by atoms with Crippen LogP contribution in [0.1, 0.15) is 16.8 Å². The predicted octanol–water partition coefficient (Wildman–Crippen LogP) is 2.38. The van der Waals surface area contributed by atoms with Crippen molar-refractivity contribution in [3.63, 3.8) is 0 Å². The number of hydrogen-bond acceptors (Lipinski definition) is 4. The topological polar surface area (TPSA) is 67.9 Å². The van der Waals surface area contributed by atoms with E-state index in [1.807, 2.05) is 0 Å². The first-order valence-electron chi connectivity index (χ1n) is 8.10. The molecule has 0 spiro atoms. The van der Waals surface area contributed by atoms with Crippen LogP contribution in [0.15, 0.2) is 42.5 Å². The molecule has 26 heavy (non-hydrogen) atoms. The molecule has 7 heteroatoms. The summed E-state index contributed by atoms with van der Waals surface area (Å²) in [6.45, 7) is 0.329. The lowest BCUT2D eigenvalue weighted by Crippen LogP contribution is -2.37. The van der Waals surface area contributed by atoms with Crippen molar-refractivity contribution in [2.24, 2.45) is 0 Å². The third-order valence-corrected chi connectivity index (χ3v) is 4.23. The van der Waals surface area contributed by atoms with E-state index in [2.05, 4.69) is 5.32 Å². The van der Waals surface area contributed by atoms with Gasteiger partial charge in [0, 0.05) is 30.3 Å². The lowest BCUT2D eigenvalue weighted by Gasteiger charge is -2.19. The van der Waals surface area contributed by atoms with Crippen molar-refractivity contribution in [1.82, 2.24) is 5.32 Å². The summed E-state index contributed by atoms with van der Waals surface area (Å²) in [5, 5.41) is 2.78. The highest BCUT2D eigenvalue weighted by Gasteiger charge is 2.32. The normalized spacial score (nSPS) is 16.5. The number of nitrogens with zero attached hydrogens (tertiary/aromatic N) is 1. The van der Waals surface area contributed by atoms with Gasteiger partial charge in [-0.15, -0.1) is 0 Å². The number of rotatable bonds is 5. The summed E-state index contributed by atoms with van der Waals surface area (Å²) in [5.74, 6) is 0.0919. The van der Waals surface area contributed by atoms with E-state index in [1.165, 1.54) is 32.4 Å². The molecule has 2 aromatic rings. The molecule has 0 aromatic heterocycles. The largest absolute Gasteiger partial charge is 0.493 e. The summed E-state index contributed by atoms with van der Waals surface area (Å²) < 4.78 is 23.7. The third-order valence-electron chi connectivity index (χ3n) is 4.23. The number of carbonyl (C=O) groups is 2. The number of anilines is 1. The molecule has 3 rings (SSSR count). The van der Waals surface area contributed by atoms with Crippen LogP contribution in [0.25, 0.3) is 0 Å². The quantitative estimate of drug-likeness (QED) is 0.891. The Hall–Kier alpha value is -3.09. The minimum absolute atomic E-state index is 0.109. The average molecular weight is 358 g/mol. The Kier molecular flexibility index (Phi) is 5.06. The number of benzene rings is 2. The average Bonchev–Trinajstić information content (AvgIpc) is 3.01. The summed E-state index contributed by atoms with van der Waals surface area (Å²) in [6, 6.07) is 10.3. The summed E-state index contributed by atoms with van der Waals surface area (Å²) in [5.41, 5.74) is 0.886. The number of nitrogens with one attached hydrogen (secondary N) is 1. The molecule has 136 valence electrons. The van der Waals surface area contributed by atoms with E-state index < -0.39 is 11.7 Å². The SMILES string of the molecule is COc1ccc(N2CC(NC(=O)c3cccc(F)c3)CC2=O)cc1OC. The molecule has 2 aromatic carbocycles. The highest BCUT2D eigenvalue weighted by molar-refractivity contribution is 5.99. The van der Waals surface area contributed by atoms with Crippen molar-refractivity contribution in [3.05, 3.63) is 53.8 Å². The van der Waals surface area contributed by atoms with Gasteiger partial charge in [0.2, 0.25) is 5.91 Å². The Balaban J connectivity index is 1.72. The zero-order valence-electron chi connectivity index (χ0n) is 14.5. The molecule has 0 bridgehead atoms. The van der Waals surface area contributed by atoms with Gasteiger partial charge in [0.15, 0.2) is 11.5 Å². The maximum absolute atomic E-state index is 13.3. The van der Waals surface area contributed by atoms with Gasteiger partial charge in [-0.1, -0.05) is 6.07 Å². The minimum atomic E-state index is -0.480. The lowest BCUT2D eigenvalue weighted by atomic mass is 10.2. The second-order valence-corrected chi connectivity index (χ2v) is 5.93. The van der Waals surface area contributed by atoms with Gasteiger partial charge in [0.05, 0.1) is 20.3 Å². The fraction of sp³-hybridized carbons (Fsp3) is 0.263. The number of carbonyl (C=O) groups excluding carboxylic acids is 2. The maximum atomic E-state index is 13.3.